The van der Waals surface area contributed by atoms with Gasteiger partial charge in [0.2, 0.25) is 0 Å². The van der Waals surface area contributed by atoms with Crippen LogP contribution in [0.2, 0.25) is 0 Å². The maximum absolute atomic E-state index is 4.86. The minimum absolute atomic E-state index is 0.720. The Morgan fingerprint density at radius 1 is 0.846 bits per heavy atom. The molecule has 0 amide bonds. The zero-order valence-corrected chi connectivity index (χ0v) is 14.8. The van der Waals surface area contributed by atoms with Crippen molar-refractivity contribution < 1.29 is 0 Å². The normalized spacial score (nSPS) is 11.7. The second kappa shape index (κ2) is 6.84. The van der Waals surface area contributed by atoms with E-state index in [0.29, 0.717) is 0 Å². The van der Waals surface area contributed by atoms with Crippen LogP contribution >= 0.6 is 0 Å². The molecule has 0 unspecified atom stereocenters. The van der Waals surface area contributed by atoms with Crippen LogP contribution in [0.4, 0.5) is 17.2 Å². The average Bonchev–Trinajstić information content (AvgIpc) is 2.67. The molecule has 0 fully saturated rings. The molecule has 26 heavy (non-hydrogen) atoms. The Morgan fingerprint density at radius 2 is 1.54 bits per heavy atom. The van der Waals surface area contributed by atoms with Gasteiger partial charge in [-0.25, -0.2) is 9.98 Å². The predicted molar refractivity (Wildman–Crippen MR) is 106 cm³/mol. The third-order valence-corrected chi connectivity index (χ3v) is 4.24. The van der Waals surface area contributed by atoms with Crippen molar-refractivity contribution in [1.29, 1.82) is 0 Å². The summed E-state index contributed by atoms with van der Waals surface area (Å²) < 4.78 is 2.05. The molecule has 2 aromatic heterocycles. The lowest BCUT2D eigenvalue weighted by Gasteiger charge is -2.10. The zero-order valence-electron chi connectivity index (χ0n) is 14.8. The van der Waals surface area contributed by atoms with Gasteiger partial charge in [0.25, 0.3) is 0 Å². The summed E-state index contributed by atoms with van der Waals surface area (Å²) in [4.78, 5) is 9.47. The van der Waals surface area contributed by atoms with E-state index < -0.39 is 0 Å². The summed E-state index contributed by atoms with van der Waals surface area (Å²) in [5.74, 6) is 0.720. The number of aromatic nitrogens is 2. The van der Waals surface area contributed by atoms with Crippen LogP contribution in [-0.2, 0) is 0 Å². The highest BCUT2D eigenvalue weighted by Gasteiger charge is 2.05. The topological polar surface area (TPSA) is 41.7 Å². The Labute approximate surface area is 152 Å². The number of rotatable bonds is 3. The predicted octanol–water partition coefficient (Wildman–Crippen LogP) is 4.93. The summed E-state index contributed by atoms with van der Waals surface area (Å²) in [5, 5.41) is 3.40. The highest BCUT2D eigenvalue weighted by Crippen LogP contribution is 2.16. The van der Waals surface area contributed by atoms with Crippen LogP contribution in [0.15, 0.2) is 84.1 Å². The van der Waals surface area contributed by atoms with Gasteiger partial charge >= 0.3 is 0 Å². The van der Waals surface area contributed by atoms with Crippen LogP contribution in [0.3, 0.4) is 0 Å². The van der Waals surface area contributed by atoms with E-state index >= 15 is 0 Å². The van der Waals surface area contributed by atoms with Crippen molar-refractivity contribution in [2.75, 3.05) is 5.32 Å². The molecular weight excluding hydrogens is 320 g/mol. The fourth-order valence-electron chi connectivity index (χ4n) is 2.77. The Morgan fingerprint density at radius 3 is 2.27 bits per heavy atom. The molecule has 4 rings (SSSR count). The average molecular weight is 340 g/mol. The molecule has 1 N–H and O–H groups in total. The number of anilines is 2. The molecule has 0 aliphatic rings. The van der Waals surface area contributed by atoms with E-state index in [4.69, 9.17) is 4.99 Å². The maximum atomic E-state index is 4.86. The van der Waals surface area contributed by atoms with Gasteiger partial charge in [0, 0.05) is 11.9 Å². The van der Waals surface area contributed by atoms with Crippen molar-refractivity contribution in [3.05, 3.63) is 95.7 Å². The number of nitrogens with zero attached hydrogens (tertiary/aromatic N) is 3. The number of benzene rings is 2. The van der Waals surface area contributed by atoms with Crippen molar-refractivity contribution >= 4 is 22.7 Å². The Kier molecular flexibility index (Phi) is 4.23. The van der Waals surface area contributed by atoms with Crippen molar-refractivity contribution in [2.45, 2.75) is 13.8 Å². The minimum Gasteiger partial charge on any atom is -0.337 e. The Bertz CT molecular complexity index is 1110. The van der Waals surface area contributed by atoms with Crippen LogP contribution < -0.4 is 10.8 Å². The van der Waals surface area contributed by atoms with Crippen LogP contribution in [0.25, 0.3) is 5.52 Å². The van der Waals surface area contributed by atoms with Gasteiger partial charge in [0.1, 0.15) is 0 Å². The summed E-state index contributed by atoms with van der Waals surface area (Å²) in [6.45, 7) is 4.15. The molecule has 0 saturated heterocycles. The summed E-state index contributed by atoms with van der Waals surface area (Å²) in [7, 11) is 0. The number of hydrogen-bond acceptors (Lipinski definition) is 3. The van der Waals surface area contributed by atoms with E-state index in [0.717, 1.165) is 28.2 Å². The SMILES string of the molecule is Cc1ccc(/N=c2\c(Nc3ccc(C)cc3)ncc3ccccn23)cc1. The Hall–Kier alpha value is -3.40. The second-order valence-electron chi connectivity index (χ2n) is 6.36. The third kappa shape index (κ3) is 3.35. The second-order valence-corrected chi connectivity index (χ2v) is 6.36. The highest BCUT2D eigenvalue weighted by molar-refractivity contribution is 5.58. The van der Waals surface area contributed by atoms with Gasteiger partial charge in [0.15, 0.2) is 11.3 Å². The minimum atomic E-state index is 0.720. The number of aryl methyl sites for hydroxylation is 2. The van der Waals surface area contributed by atoms with Crippen LogP contribution in [0.5, 0.6) is 0 Å². The monoisotopic (exact) mass is 340 g/mol. The van der Waals surface area contributed by atoms with Crippen LogP contribution in [0, 0.1) is 13.8 Å². The maximum Gasteiger partial charge on any atom is 0.181 e. The molecule has 0 radical (unpaired) electrons. The molecule has 0 atom stereocenters. The van der Waals surface area contributed by atoms with Crippen LogP contribution in [0.1, 0.15) is 11.1 Å². The largest absolute Gasteiger partial charge is 0.337 e. The van der Waals surface area contributed by atoms with Crippen molar-refractivity contribution in [1.82, 2.24) is 9.38 Å². The first-order valence-corrected chi connectivity index (χ1v) is 8.60. The molecule has 0 saturated carbocycles. The first-order chi connectivity index (χ1) is 12.7. The Balaban J connectivity index is 1.89. The van der Waals surface area contributed by atoms with Crippen molar-refractivity contribution in [3.8, 4) is 0 Å². The number of hydrogen-bond donors (Lipinski definition) is 1. The van der Waals surface area contributed by atoms with E-state index in [1.807, 2.05) is 59.3 Å². The fraction of sp³-hybridized carbons (Fsp3) is 0.0909. The molecule has 2 aromatic carbocycles. The standard InChI is InChI=1S/C22H20N4/c1-16-6-10-18(11-7-16)24-21-22(25-19-12-8-17(2)9-13-19)26-14-4-3-5-20(26)15-23-21/h3-15H,1-2H3,(H,23,24)/b25-22+. The van der Waals surface area contributed by atoms with E-state index in [1.54, 1.807) is 0 Å². The van der Waals surface area contributed by atoms with E-state index in [2.05, 4.69) is 48.4 Å². The lowest BCUT2D eigenvalue weighted by atomic mass is 10.2. The van der Waals surface area contributed by atoms with Crippen molar-refractivity contribution in [2.24, 2.45) is 4.99 Å². The summed E-state index contributed by atoms with van der Waals surface area (Å²) in [6, 6.07) is 22.4. The molecule has 0 spiro atoms. The summed E-state index contributed by atoms with van der Waals surface area (Å²) in [5.41, 5.74) is 6.08. The van der Waals surface area contributed by atoms with Gasteiger partial charge in [-0.05, 0) is 50.2 Å². The van der Waals surface area contributed by atoms with Crippen LogP contribution in [-0.4, -0.2) is 9.38 Å². The highest BCUT2D eigenvalue weighted by atomic mass is 15.1. The van der Waals surface area contributed by atoms with Crippen molar-refractivity contribution in [3.63, 3.8) is 0 Å². The smallest absolute Gasteiger partial charge is 0.181 e. The molecule has 4 nitrogen and oxygen atoms in total. The van der Waals surface area contributed by atoms with E-state index in [1.165, 1.54) is 11.1 Å². The molecule has 4 heteroatoms. The van der Waals surface area contributed by atoms with Gasteiger partial charge < -0.3 is 5.32 Å². The number of fused-ring (bicyclic) bond motifs is 1. The molecule has 128 valence electrons. The molecule has 4 aromatic rings. The number of nitrogens with one attached hydrogen (secondary N) is 1. The fourth-order valence-corrected chi connectivity index (χ4v) is 2.77. The number of pyridine rings is 1. The first kappa shape index (κ1) is 16.1. The zero-order chi connectivity index (χ0) is 17.9. The summed E-state index contributed by atoms with van der Waals surface area (Å²) >= 11 is 0. The molecular formula is C22H20N4. The summed E-state index contributed by atoms with van der Waals surface area (Å²) in [6.07, 6.45) is 3.86. The van der Waals surface area contributed by atoms with Gasteiger partial charge in [0.05, 0.1) is 17.4 Å². The van der Waals surface area contributed by atoms with E-state index in [-0.39, 0.29) is 0 Å². The first-order valence-electron chi connectivity index (χ1n) is 8.60. The molecule has 0 aliphatic heterocycles. The lowest BCUT2D eigenvalue weighted by Crippen LogP contribution is -2.20. The molecule has 0 aliphatic carbocycles. The molecule has 2 heterocycles. The lowest BCUT2D eigenvalue weighted by molar-refractivity contribution is 1.01. The third-order valence-electron chi connectivity index (χ3n) is 4.24. The quantitative estimate of drug-likeness (QED) is 0.575. The molecule has 0 bridgehead atoms. The van der Waals surface area contributed by atoms with E-state index in [9.17, 15) is 0 Å². The van der Waals surface area contributed by atoms with Gasteiger partial charge in [-0.15, -0.1) is 0 Å². The van der Waals surface area contributed by atoms with Gasteiger partial charge in [-0.3, -0.25) is 4.40 Å². The van der Waals surface area contributed by atoms with Gasteiger partial charge in [-0.2, -0.15) is 0 Å². The van der Waals surface area contributed by atoms with Gasteiger partial charge in [-0.1, -0.05) is 41.5 Å².